The molecule has 1 aromatic rings. The molecular weight excluding hydrogens is 192 g/mol. The van der Waals surface area contributed by atoms with Gasteiger partial charge in [-0.15, -0.1) is 0 Å². The fourth-order valence-corrected chi connectivity index (χ4v) is 2.14. The molecule has 2 atom stereocenters. The van der Waals surface area contributed by atoms with Crippen LogP contribution in [0.2, 0.25) is 0 Å². The summed E-state index contributed by atoms with van der Waals surface area (Å²) in [4.78, 5) is 13.2. The molecule has 2 rings (SSSR count). The summed E-state index contributed by atoms with van der Waals surface area (Å²) in [5.41, 5.74) is 8.09. The first-order valence-corrected chi connectivity index (χ1v) is 5.02. The Morgan fingerprint density at radius 2 is 2.20 bits per heavy atom. The fourth-order valence-electron chi connectivity index (χ4n) is 2.14. The van der Waals surface area contributed by atoms with Crippen molar-refractivity contribution < 1.29 is 4.79 Å². The average Bonchev–Trinajstić information content (AvgIpc) is 2.60. The summed E-state index contributed by atoms with van der Waals surface area (Å²) in [6, 6.07) is -0.142. The first kappa shape index (κ1) is 10.2. The first-order valence-electron chi connectivity index (χ1n) is 5.02. The molecule has 0 spiro atoms. The van der Waals surface area contributed by atoms with E-state index < -0.39 is 0 Å². The van der Waals surface area contributed by atoms with E-state index in [1.165, 1.54) is 0 Å². The Morgan fingerprint density at radius 3 is 2.60 bits per heavy atom. The summed E-state index contributed by atoms with van der Waals surface area (Å²) in [6.07, 6.45) is 2.23. The van der Waals surface area contributed by atoms with Crippen molar-refractivity contribution in [2.24, 2.45) is 12.8 Å². The first-order chi connectivity index (χ1) is 7.02. The summed E-state index contributed by atoms with van der Waals surface area (Å²) < 4.78 is 1.80. The Hall–Kier alpha value is -1.36. The number of aromatic nitrogens is 2. The van der Waals surface area contributed by atoms with Gasteiger partial charge in [0.2, 0.25) is 5.91 Å². The van der Waals surface area contributed by atoms with E-state index in [0.29, 0.717) is 6.42 Å². The van der Waals surface area contributed by atoms with Crippen molar-refractivity contribution in [3.05, 3.63) is 17.5 Å². The second kappa shape index (κ2) is 3.34. The van der Waals surface area contributed by atoms with Crippen molar-refractivity contribution in [2.45, 2.75) is 25.4 Å². The van der Waals surface area contributed by atoms with Gasteiger partial charge in [0, 0.05) is 37.8 Å². The zero-order valence-electron chi connectivity index (χ0n) is 9.27. The minimum atomic E-state index is -0.120. The molecule has 0 aromatic carbocycles. The molecule has 2 unspecified atom stereocenters. The highest BCUT2D eigenvalue weighted by molar-refractivity contribution is 5.80. The Balaban J connectivity index is 2.39. The van der Waals surface area contributed by atoms with Crippen molar-refractivity contribution in [2.75, 3.05) is 7.05 Å². The highest BCUT2D eigenvalue weighted by Gasteiger charge is 2.37. The van der Waals surface area contributed by atoms with Gasteiger partial charge in [-0.2, -0.15) is 5.10 Å². The number of nitrogens with zero attached hydrogens (tertiary/aromatic N) is 3. The molecule has 1 saturated heterocycles. The number of rotatable bonds is 1. The summed E-state index contributed by atoms with van der Waals surface area (Å²) in [5, 5.41) is 4.18. The Bertz CT molecular complexity index is 398. The number of carbonyl (C=O) groups is 1. The van der Waals surface area contributed by atoms with Gasteiger partial charge in [0.15, 0.2) is 0 Å². The predicted octanol–water partition coefficient (Wildman–Crippen LogP) is -0.0410. The molecule has 2 heterocycles. The van der Waals surface area contributed by atoms with Crippen molar-refractivity contribution in [3.8, 4) is 0 Å². The van der Waals surface area contributed by atoms with Crippen LogP contribution in [0.5, 0.6) is 0 Å². The van der Waals surface area contributed by atoms with Crippen molar-refractivity contribution in [1.82, 2.24) is 14.7 Å². The second-order valence-electron chi connectivity index (χ2n) is 4.13. The Morgan fingerprint density at radius 1 is 1.53 bits per heavy atom. The van der Waals surface area contributed by atoms with Gasteiger partial charge in [0.05, 0.1) is 12.2 Å². The lowest BCUT2D eigenvalue weighted by Gasteiger charge is -2.22. The van der Waals surface area contributed by atoms with Crippen LogP contribution in [0.3, 0.4) is 0 Å². The highest BCUT2D eigenvalue weighted by atomic mass is 16.2. The van der Waals surface area contributed by atoms with Crippen LogP contribution in [0, 0.1) is 6.92 Å². The molecule has 1 aromatic heterocycles. The molecule has 2 N–H and O–H groups in total. The third-order valence-corrected chi connectivity index (χ3v) is 3.22. The number of likely N-dealkylation sites (N-methyl/N-ethyl adjacent to an activating group) is 1. The SMILES string of the molecule is Cc1c(C2C(N)CC(=O)N2C)cnn1C. The smallest absolute Gasteiger partial charge is 0.224 e. The second-order valence-corrected chi connectivity index (χ2v) is 4.13. The Kier molecular flexibility index (Phi) is 2.26. The number of amides is 1. The molecule has 15 heavy (non-hydrogen) atoms. The molecule has 5 heteroatoms. The van der Waals surface area contributed by atoms with Crippen LogP contribution in [0.25, 0.3) is 0 Å². The number of carbonyl (C=O) groups excluding carboxylic acids is 1. The van der Waals surface area contributed by atoms with E-state index in [2.05, 4.69) is 5.10 Å². The van der Waals surface area contributed by atoms with E-state index in [-0.39, 0.29) is 18.0 Å². The van der Waals surface area contributed by atoms with Gasteiger partial charge in [-0.25, -0.2) is 0 Å². The van der Waals surface area contributed by atoms with Gasteiger partial charge < -0.3 is 10.6 Å². The molecule has 1 aliphatic heterocycles. The fraction of sp³-hybridized carbons (Fsp3) is 0.600. The minimum absolute atomic E-state index is 0.0220. The maximum absolute atomic E-state index is 11.5. The molecule has 0 aliphatic carbocycles. The average molecular weight is 208 g/mol. The summed E-state index contributed by atoms with van der Waals surface area (Å²) in [6.45, 7) is 1.99. The van der Waals surface area contributed by atoms with E-state index in [1.54, 1.807) is 22.8 Å². The molecule has 82 valence electrons. The zero-order valence-corrected chi connectivity index (χ0v) is 9.27. The van der Waals surface area contributed by atoms with E-state index >= 15 is 0 Å². The van der Waals surface area contributed by atoms with Crippen LogP contribution < -0.4 is 5.73 Å². The Labute approximate surface area is 88.8 Å². The van der Waals surface area contributed by atoms with E-state index in [9.17, 15) is 4.79 Å². The maximum atomic E-state index is 11.5. The van der Waals surface area contributed by atoms with Gasteiger partial charge in [-0.3, -0.25) is 9.48 Å². The molecule has 1 aliphatic rings. The van der Waals surface area contributed by atoms with Crippen LogP contribution >= 0.6 is 0 Å². The lowest BCUT2D eigenvalue weighted by atomic mass is 10.0. The van der Waals surface area contributed by atoms with E-state index in [4.69, 9.17) is 5.73 Å². The monoisotopic (exact) mass is 208 g/mol. The lowest BCUT2D eigenvalue weighted by molar-refractivity contribution is -0.127. The highest BCUT2D eigenvalue weighted by Crippen LogP contribution is 2.31. The topological polar surface area (TPSA) is 64.2 Å². The molecule has 1 amide bonds. The summed E-state index contributed by atoms with van der Waals surface area (Å²) in [5.74, 6) is 0.107. The zero-order chi connectivity index (χ0) is 11.2. The number of likely N-dealkylation sites (tertiary alicyclic amines) is 1. The number of nitrogens with two attached hydrogens (primary N) is 1. The van der Waals surface area contributed by atoms with E-state index in [0.717, 1.165) is 11.3 Å². The number of hydrogen-bond acceptors (Lipinski definition) is 3. The van der Waals surface area contributed by atoms with Gasteiger partial charge in [0.1, 0.15) is 0 Å². The summed E-state index contributed by atoms with van der Waals surface area (Å²) in [7, 11) is 3.69. The van der Waals surface area contributed by atoms with Gasteiger partial charge in [-0.05, 0) is 6.92 Å². The van der Waals surface area contributed by atoms with Crippen LogP contribution in [-0.2, 0) is 11.8 Å². The van der Waals surface area contributed by atoms with Crippen molar-refractivity contribution >= 4 is 5.91 Å². The lowest BCUT2D eigenvalue weighted by Crippen LogP contribution is -2.30. The maximum Gasteiger partial charge on any atom is 0.224 e. The molecule has 0 radical (unpaired) electrons. The third kappa shape index (κ3) is 1.43. The van der Waals surface area contributed by atoms with Gasteiger partial charge in [-0.1, -0.05) is 0 Å². The van der Waals surface area contributed by atoms with Crippen molar-refractivity contribution in [3.63, 3.8) is 0 Å². The largest absolute Gasteiger partial charge is 0.337 e. The van der Waals surface area contributed by atoms with Crippen LogP contribution in [-0.4, -0.2) is 33.7 Å². The van der Waals surface area contributed by atoms with Crippen LogP contribution in [0.15, 0.2) is 6.20 Å². The minimum Gasteiger partial charge on any atom is -0.337 e. The third-order valence-electron chi connectivity index (χ3n) is 3.22. The molecule has 1 fully saturated rings. The number of aryl methyl sites for hydroxylation is 1. The van der Waals surface area contributed by atoms with Gasteiger partial charge >= 0.3 is 0 Å². The normalized spacial score (nSPS) is 26.4. The van der Waals surface area contributed by atoms with E-state index in [1.807, 2.05) is 14.0 Å². The molecular formula is C10H16N4O. The molecule has 0 saturated carbocycles. The summed E-state index contributed by atoms with van der Waals surface area (Å²) >= 11 is 0. The quantitative estimate of drug-likeness (QED) is 0.704. The van der Waals surface area contributed by atoms with Crippen LogP contribution in [0.1, 0.15) is 23.7 Å². The standard InChI is InChI=1S/C10H16N4O/c1-6-7(5-12-14(6)3)10-8(11)4-9(15)13(10)2/h5,8,10H,4,11H2,1-3H3. The van der Waals surface area contributed by atoms with Crippen LogP contribution in [0.4, 0.5) is 0 Å². The molecule has 0 bridgehead atoms. The number of hydrogen-bond donors (Lipinski definition) is 1. The van der Waals surface area contributed by atoms with Crippen molar-refractivity contribution in [1.29, 1.82) is 0 Å². The predicted molar refractivity (Wildman–Crippen MR) is 56.0 cm³/mol. The van der Waals surface area contributed by atoms with Gasteiger partial charge in [0.25, 0.3) is 0 Å². The molecule has 5 nitrogen and oxygen atoms in total.